The Morgan fingerprint density at radius 2 is 1.72 bits per heavy atom. The van der Waals surface area contributed by atoms with Gasteiger partial charge in [0.15, 0.2) is 0 Å². The Bertz CT molecular complexity index is 462. The average molecular weight is 252 g/mol. The van der Waals surface area contributed by atoms with Crippen LogP contribution in [0.3, 0.4) is 0 Å². The monoisotopic (exact) mass is 252 g/mol. The van der Waals surface area contributed by atoms with Crippen LogP contribution in [0.2, 0.25) is 0 Å². The van der Waals surface area contributed by atoms with Crippen LogP contribution < -0.4 is 0 Å². The van der Waals surface area contributed by atoms with Crippen molar-refractivity contribution in [2.24, 2.45) is 0 Å². The number of ether oxygens (including phenoxy) is 1. The quantitative estimate of drug-likeness (QED) is 0.760. The molecule has 0 spiro atoms. The Labute approximate surface area is 103 Å². The summed E-state index contributed by atoms with van der Waals surface area (Å²) in [7, 11) is 0. The van der Waals surface area contributed by atoms with Crippen LogP contribution in [0.25, 0.3) is 0 Å². The zero-order valence-electron chi connectivity index (χ0n) is 9.62. The molecule has 2 N–H and O–H groups in total. The van der Waals surface area contributed by atoms with Gasteiger partial charge in [0.05, 0.1) is 12.0 Å². The lowest BCUT2D eigenvalue weighted by molar-refractivity contribution is -0.153. The minimum Gasteiger partial charge on any atom is -0.481 e. The fourth-order valence-electron chi connectivity index (χ4n) is 1.22. The number of esters is 1. The molecule has 0 aliphatic carbocycles. The molecule has 0 aliphatic rings. The number of hydrogen-bond acceptors (Lipinski definition) is 4. The normalized spacial score (nSPS) is 11.6. The maximum absolute atomic E-state index is 11.6. The molecule has 0 saturated heterocycles. The lowest BCUT2D eigenvalue weighted by Crippen LogP contribution is -2.29. The molecule has 1 aromatic carbocycles. The molecule has 0 unspecified atom stereocenters. The van der Waals surface area contributed by atoms with E-state index in [0.717, 1.165) is 5.56 Å². The number of aryl methyl sites for hydroxylation is 1. The molecule has 0 aliphatic heterocycles. The molecule has 1 aromatic rings. The van der Waals surface area contributed by atoms with Crippen molar-refractivity contribution in [2.45, 2.75) is 19.4 Å². The van der Waals surface area contributed by atoms with E-state index in [1.165, 1.54) is 12.1 Å². The smallest absolute Gasteiger partial charge is 0.345 e. The summed E-state index contributed by atoms with van der Waals surface area (Å²) in [5, 5.41) is 17.2. The summed E-state index contributed by atoms with van der Waals surface area (Å²) in [6.45, 7) is 1.83. The van der Waals surface area contributed by atoms with E-state index < -0.39 is 30.4 Å². The maximum atomic E-state index is 11.6. The van der Waals surface area contributed by atoms with E-state index in [1.807, 2.05) is 6.92 Å². The lowest BCUT2D eigenvalue weighted by atomic mass is 10.1. The highest BCUT2D eigenvalue weighted by molar-refractivity contribution is 5.92. The number of rotatable bonds is 5. The van der Waals surface area contributed by atoms with Gasteiger partial charge in [-0.1, -0.05) is 17.7 Å². The second-order valence-corrected chi connectivity index (χ2v) is 3.70. The molecule has 0 fully saturated rings. The van der Waals surface area contributed by atoms with E-state index >= 15 is 0 Å². The summed E-state index contributed by atoms with van der Waals surface area (Å²) < 4.78 is 4.63. The van der Waals surface area contributed by atoms with Gasteiger partial charge in [-0.2, -0.15) is 0 Å². The molecule has 6 nitrogen and oxygen atoms in total. The van der Waals surface area contributed by atoms with Crippen LogP contribution >= 0.6 is 0 Å². The van der Waals surface area contributed by atoms with Crippen molar-refractivity contribution < 1.29 is 29.3 Å². The fraction of sp³-hybridized carbons (Fsp3) is 0.250. The number of hydrogen-bond donors (Lipinski definition) is 2. The molecule has 0 radical (unpaired) electrons. The summed E-state index contributed by atoms with van der Waals surface area (Å²) in [6, 6.07) is 6.31. The van der Waals surface area contributed by atoms with Crippen LogP contribution in [-0.4, -0.2) is 34.2 Å². The first-order valence-electron chi connectivity index (χ1n) is 5.12. The van der Waals surface area contributed by atoms with Gasteiger partial charge in [-0.05, 0) is 19.1 Å². The summed E-state index contributed by atoms with van der Waals surface area (Å²) >= 11 is 0. The maximum Gasteiger partial charge on any atom is 0.345 e. The van der Waals surface area contributed by atoms with Crippen molar-refractivity contribution in [3.05, 3.63) is 35.4 Å². The van der Waals surface area contributed by atoms with E-state index in [4.69, 9.17) is 10.2 Å². The van der Waals surface area contributed by atoms with Crippen molar-refractivity contribution in [2.75, 3.05) is 0 Å². The van der Waals surface area contributed by atoms with Crippen LogP contribution in [0.1, 0.15) is 22.3 Å². The molecule has 0 bridgehead atoms. The first kappa shape index (κ1) is 13.7. The number of carbonyl (C=O) groups is 3. The van der Waals surface area contributed by atoms with Crippen molar-refractivity contribution in [3.8, 4) is 0 Å². The predicted octanol–water partition coefficient (Wildman–Crippen LogP) is 1.08. The predicted molar refractivity (Wildman–Crippen MR) is 60.3 cm³/mol. The van der Waals surface area contributed by atoms with Crippen LogP contribution in [0.5, 0.6) is 0 Å². The third-order valence-corrected chi connectivity index (χ3v) is 2.17. The van der Waals surface area contributed by atoms with Crippen LogP contribution in [0.15, 0.2) is 24.3 Å². The van der Waals surface area contributed by atoms with Crippen LogP contribution in [-0.2, 0) is 14.3 Å². The standard InChI is InChI=1S/C12H12O6/c1-7-2-4-8(5-3-7)12(17)18-9(11(15)16)6-10(13)14/h2-5,9H,6H2,1H3,(H,13,14)(H,15,16)/t9-/m0/s1. The molecule has 96 valence electrons. The SMILES string of the molecule is Cc1ccc(C(=O)O[C@@H](CC(=O)O)C(=O)O)cc1. The Morgan fingerprint density at radius 1 is 1.17 bits per heavy atom. The Hall–Kier alpha value is -2.37. The summed E-state index contributed by atoms with van der Waals surface area (Å²) in [5.74, 6) is -3.69. The minimum atomic E-state index is -1.68. The van der Waals surface area contributed by atoms with E-state index in [9.17, 15) is 14.4 Å². The molecule has 1 atom stereocenters. The first-order chi connectivity index (χ1) is 8.40. The molecule has 18 heavy (non-hydrogen) atoms. The second kappa shape index (κ2) is 5.81. The summed E-state index contributed by atoms with van der Waals surface area (Å²) in [6.07, 6.45) is -2.45. The Kier molecular flexibility index (Phi) is 4.42. The van der Waals surface area contributed by atoms with Gasteiger partial charge in [-0.25, -0.2) is 9.59 Å². The molecule has 1 rings (SSSR count). The van der Waals surface area contributed by atoms with E-state index in [-0.39, 0.29) is 5.56 Å². The third-order valence-electron chi connectivity index (χ3n) is 2.17. The molecule has 0 heterocycles. The highest BCUT2D eigenvalue weighted by Crippen LogP contribution is 2.08. The molecular weight excluding hydrogens is 240 g/mol. The van der Waals surface area contributed by atoms with Gasteiger partial charge in [-0.15, -0.1) is 0 Å². The highest BCUT2D eigenvalue weighted by atomic mass is 16.6. The van der Waals surface area contributed by atoms with Gasteiger partial charge in [0.1, 0.15) is 0 Å². The number of carboxylic acid groups (broad SMARTS) is 2. The topological polar surface area (TPSA) is 101 Å². The van der Waals surface area contributed by atoms with Crippen molar-refractivity contribution in [1.82, 2.24) is 0 Å². The lowest BCUT2D eigenvalue weighted by Gasteiger charge is -2.11. The second-order valence-electron chi connectivity index (χ2n) is 3.70. The fourth-order valence-corrected chi connectivity index (χ4v) is 1.22. The van der Waals surface area contributed by atoms with E-state index in [1.54, 1.807) is 12.1 Å². The van der Waals surface area contributed by atoms with Crippen LogP contribution in [0, 0.1) is 6.92 Å². The molecule has 0 aromatic heterocycles. The molecule has 0 saturated carbocycles. The number of aliphatic carboxylic acids is 2. The largest absolute Gasteiger partial charge is 0.481 e. The minimum absolute atomic E-state index is 0.178. The third kappa shape index (κ3) is 3.89. The number of carbonyl (C=O) groups excluding carboxylic acids is 1. The van der Waals surface area contributed by atoms with E-state index in [0.29, 0.717) is 0 Å². The van der Waals surface area contributed by atoms with Gasteiger partial charge in [-0.3, -0.25) is 4.79 Å². The Balaban J connectivity index is 2.75. The highest BCUT2D eigenvalue weighted by Gasteiger charge is 2.25. The first-order valence-corrected chi connectivity index (χ1v) is 5.12. The summed E-state index contributed by atoms with van der Waals surface area (Å²) in [5.41, 5.74) is 1.11. The van der Waals surface area contributed by atoms with Gasteiger partial charge in [0, 0.05) is 0 Å². The van der Waals surface area contributed by atoms with Gasteiger partial charge >= 0.3 is 17.9 Å². The van der Waals surface area contributed by atoms with Crippen molar-refractivity contribution >= 4 is 17.9 Å². The molecule has 6 heteroatoms. The zero-order chi connectivity index (χ0) is 13.7. The van der Waals surface area contributed by atoms with E-state index in [2.05, 4.69) is 4.74 Å². The van der Waals surface area contributed by atoms with Crippen molar-refractivity contribution in [3.63, 3.8) is 0 Å². The zero-order valence-corrected chi connectivity index (χ0v) is 9.62. The van der Waals surface area contributed by atoms with Crippen molar-refractivity contribution in [1.29, 1.82) is 0 Å². The molecular formula is C12H12O6. The number of carboxylic acids is 2. The summed E-state index contributed by atoms with van der Waals surface area (Å²) in [4.78, 5) is 32.7. The van der Waals surface area contributed by atoms with Gasteiger partial charge in [0.2, 0.25) is 6.10 Å². The van der Waals surface area contributed by atoms with Gasteiger partial charge < -0.3 is 14.9 Å². The van der Waals surface area contributed by atoms with Gasteiger partial charge in [0.25, 0.3) is 0 Å². The van der Waals surface area contributed by atoms with Crippen LogP contribution in [0.4, 0.5) is 0 Å². The molecule has 0 amide bonds. The Morgan fingerprint density at radius 3 is 2.17 bits per heavy atom. The average Bonchev–Trinajstić information content (AvgIpc) is 2.28. The number of benzene rings is 1.